The number of aromatic amines is 4. The van der Waals surface area contributed by atoms with Crippen molar-refractivity contribution >= 4 is 40.1 Å². The van der Waals surface area contributed by atoms with Crippen LogP contribution in [0.2, 0.25) is 0 Å². The van der Waals surface area contributed by atoms with Gasteiger partial charge in [-0.1, -0.05) is 13.8 Å². The number of nitrogens with zero attached hydrogens (tertiary/aromatic N) is 6. The summed E-state index contributed by atoms with van der Waals surface area (Å²) in [5.41, 5.74) is 5.08. The molecule has 27 heavy (non-hydrogen) atoms. The Bertz CT molecular complexity index is 1220. The number of aromatic nitrogens is 10. The van der Waals surface area contributed by atoms with E-state index in [1.807, 2.05) is 0 Å². The highest BCUT2D eigenvalue weighted by molar-refractivity contribution is 5.90. The number of nitrogen functional groups attached to an aromatic ring is 1. The van der Waals surface area contributed by atoms with Gasteiger partial charge in [-0.25, -0.2) is 0 Å². The van der Waals surface area contributed by atoms with Crippen molar-refractivity contribution in [2.24, 2.45) is 5.92 Å². The monoisotopic (exact) mass is 374 g/mol. The predicted molar refractivity (Wildman–Crippen MR) is 92.5 cm³/mol. The second-order valence-corrected chi connectivity index (χ2v) is 5.50. The van der Waals surface area contributed by atoms with Gasteiger partial charge in [0.2, 0.25) is 29.1 Å². The van der Waals surface area contributed by atoms with Gasteiger partial charge in [-0.2, -0.15) is 20.4 Å². The highest BCUT2D eigenvalue weighted by Gasteiger charge is 2.11. The van der Waals surface area contributed by atoms with Crippen LogP contribution in [0.25, 0.3) is 22.3 Å². The molecule has 15 heteroatoms. The van der Waals surface area contributed by atoms with Crippen LogP contribution in [-0.4, -0.2) is 56.7 Å². The van der Waals surface area contributed by atoms with Crippen LogP contribution in [0.4, 0.5) is 11.9 Å². The van der Waals surface area contributed by atoms with Crippen molar-refractivity contribution in [3.8, 4) is 0 Å². The van der Waals surface area contributed by atoms with Gasteiger partial charge in [0, 0.05) is 5.92 Å². The summed E-state index contributed by atoms with van der Waals surface area (Å²) in [4.78, 5) is 46.1. The van der Waals surface area contributed by atoms with E-state index in [-0.39, 0.29) is 51.6 Å². The van der Waals surface area contributed by atoms with Crippen LogP contribution in [0.3, 0.4) is 0 Å². The number of hydrogen-bond acceptors (Lipinski definition) is 10. The molecule has 7 N–H and O–H groups in total. The maximum atomic E-state index is 11.4. The van der Waals surface area contributed by atoms with E-state index in [9.17, 15) is 14.4 Å². The topological polar surface area (TPSA) is 230 Å². The molecular formula is C12H14N12O3. The Labute approximate surface area is 148 Å². The van der Waals surface area contributed by atoms with Gasteiger partial charge < -0.3 is 5.73 Å². The van der Waals surface area contributed by atoms with E-state index in [2.05, 4.69) is 56.1 Å². The number of H-pyrrole nitrogens is 4. The second-order valence-electron chi connectivity index (χ2n) is 5.50. The summed E-state index contributed by atoms with van der Waals surface area (Å²) < 4.78 is 0. The molecule has 4 aromatic heterocycles. The summed E-state index contributed by atoms with van der Waals surface area (Å²) in [5, 5.41) is 21.5. The Morgan fingerprint density at radius 3 is 2.07 bits per heavy atom. The SMILES string of the molecule is CC(C)C(=O)Nc1nc2n[nH]nc2c(=O)[nH]1.Nc1nc2n[nH]nc2c(=O)[nH]1. The van der Waals surface area contributed by atoms with Crippen LogP contribution in [0.15, 0.2) is 9.59 Å². The molecule has 0 fully saturated rings. The fourth-order valence-electron chi connectivity index (χ4n) is 1.85. The number of amides is 1. The molecule has 0 aliphatic carbocycles. The minimum Gasteiger partial charge on any atom is -0.369 e. The summed E-state index contributed by atoms with van der Waals surface area (Å²) in [7, 11) is 0. The summed E-state index contributed by atoms with van der Waals surface area (Å²) >= 11 is 0. The Morgan fingerprint density at radius 2 is 1.48 bits per heavy atom. The maximum Gasteiger partial charge on any atom is 0.282 e. The molecule has 4 rings (SSSR count). The van der Waals surface area contributed by atoms with Crippen molar-refractivity contribution in [1.29, 1.82) is 0 Å². The fraction of sp³-hybridized carbons (Fsp3) is 0.250. The van der Waals surface area contributed by atoms with Crippen molar-refractivity contribution in [3.05, 3.63) is 20.7 Å². The molecule has 0 aromatic carbocycles. The molecule has 0 atom stereocenters. The van der Waals surface area contributed by atoms with Crippen molar-refractivity contribution < 1.29 is 4.79 Å². The van der Waals surface area contributed by atoms with Crippen molar-refractivity contribution in [2.75, 3.05) is 11.1 Å². The summed E-state index contributed by atoms with van der Waals surface area (Å²) in [6.07, 6.45) is 0. The first-order chi connectivity index (χ1) is 12.8. The van der Waals surface area contributed by atoms with Gasteiger partial charge in [-0.15, -0.1) is 20.4 Å². The lowest BCUT2D eigenvalue weighted by molar-refractivity contribution is -0.118. The molecule has 15 nitrogen and oxygen atoms in total. The third kappa shape index (κ3) is 3.75. The van der Waals surface area contributed by atoms with E-state index >= 15 is 0 Å². The first-order valence-electron chi connectivity index (χ1n) is 7.53. The number of anilines is 2. The summed E-state index contributed by atoms with van der Waals surface area (Å²) in [6, 6.07) is 0. The number of hydrogen-bond donors (Lipinski definition) is 6. The average molecular weight is 374 g/mol. The van der Waals surface area contributed by atoms with Gasteiger partial charge in [0.1, 0.15) is 0 Å². The fourth-order valence-corrected chi connectivity index (χ4v) is 1.85. The number of carbonyl (C=O) groups excluding carboxylic acids is 1. The van der Waals surface area contributed by atoms with E-state index in [1.54, 1.807) is 13.8 Å². The third-order valence-electron chi connectivity index (χ3n) is 3.17. The van der Waals surface area contributed by atoms with Crippen LogP contribution >= 0.6 is 0 Å². The highest BCUT2D eigenvalue weighted by Crippen LogP contribution is 2.03. The zero-order valence-electron chi connectivity index (χ0n) is 14.1. The van der Waals surface area contributed by atoms with E-state index < -0.39 is 5.56 Å². The molecule has 0 aliphatic heterocycles. The molecule has 1 amide bonds. The predicted octanol–water partition coefficient (Wildman–Crippen LogP) is -1.74. The number of nitrogens with two attached hydrogens (primary N) is 1. The highest BCUT2D eigenvalue weighted by atomic mass is 16.2. The van der Waals surface area contributed by atoms with E-state index in [0.717, 1.165) is 0 Å². The summed E-state index contributed by atoms with van der Waals surface area (Å²) in [5.74, 6) is -0.314. The molecule has 4 heterocycles. The molecule has 0 saturated heterocycles. The van der Waals surface area contributed by atoms with E-state index in [1.165, 1.54) is 0 Å². The van der Waals surface area contributed by atoms with Gasteiger partial charge >= 0.3 is 0 Å². The molecule has 140 valence electrons. The maximum absolute atomic E-state index is 11.4. The van der Waals surface area contributed by atoms with Crippen molar-refractivity contribution in [2.45, 2.75) is 13.8 Å². The Balaban J connectivity index is 0.000000166. The first kappa shape index (κ1) is 17.6. The lowest BCUT2D eigenvalue weighted by atomic mass is 10.2. The standard InChI is InChI=1S/C8H10N6O2.C4H4N6O/c1-3(2)6(15)10-8-9-5-4(7(16)11-8)12-14-13-5;5-4-6-2-1(3(11)7-4)8-10-9-2/h3H,1-2H3,(H3,9,10,11,12,13,14,15,16);(H4,5,6,7,8,9,10,11). The van der Waals surface area contributed by atoms with Crippen LogP contribution in [0, 0.1) is 5.92 Å². The number of carbonyl (C=O) groups is 1. The van der Waals surface area contributed by atoms with Crippen LogP contribution < -0.4 is 22.2 Å². The molecule has 0 saturated carbocycles. The van der Waals surface area contributed by atoms with Crippen molar-refractivity contribution in [1.82, 2.24) is 50.8 Å². The van der Waals surface area contributed by atoms with Gasteiger partial charge in [0.25, 0.3) is 11.1 Å². The number of nitrogens with one attached hydrogen (secondary N) is 5. The lowest BCUT2D eigenvalue weighted by Crippen LogP contribution is -2.22. The quantitative estimate of drug-likeness (QED) is 0.232. The van der Waals surface area contributed by atoms with Crippen LogP contribution in [-0.2, 0) is 4.79 Å². The van der Waals surface area contributed by atoms with E-state index in [0.29, 0.717) is 0 Å². The third-order valence-corrected chi connectivity index (χ3v) is 3.17. The largest absolute Gasteiger partial charge is 0.369 e. The molecule has 4 aromatic rings. The molecular weight excluding hydrogens is 360 g/mol. The Kier molecular flexibility index (Phi) is 4.56. The number of rotatable bonds is 2. The number of fused-ring (bicyclic) bond motifs is 2. The molecule has 0 aliphatic rings. The van der Waals surface area contributed by atoms with Crippen molar-refractivity contribution in [3.63, 3.8) is 0 Å². The molecule has 0 bridgehead atoms. The van der Waals surface area contributed by atoms with Gasteiger partial charge in [0.05, 0.1) is 0 Å². The minimum atomic E-state index is -0.446. The van der Waals surface area contributed by atoms with Crippen LogP contribution in [0.1, 0.15) is 13.8 Å². The zero-order chi connectivity index (χ0) is 19.6. The van der Waals surface area contributed by atoms with Gasteiger partial charge in [0.15, 0.2) is 11.0 Å². The van der Waals surface area contributed by atoms with Crippen LogP contribution in [0.5, 0.6) is 0 Å². The normalized spacial score (nSPS) is 10.8. The second kappa shape index (κ2) is 6.98. The lowest BCUT2D eigenvalue weighted by Gasteiger charge is -2.05. The Morgan fingerprint density at radius 1 is 0.926 bits per heavy atom. The summed E-state index contributed by atoms with van der Waals surface area (Å²) in [6.45, 7) is 3.48. The first-order valence-corrected chi connectivity index (χ1v) is 7.53. The Hall–Kier alpha value is -4.17. The van der Waals surface area contributed by atoms with E-state index in [4.69, 9.17) is 5.73 Å². The minimum absolute atomic E-state index is 0.0383. The van der Waals surface area contributed by atoms with Gasteiger partial charge in [-0.3, -0.25) is 29.7 Å². The molecule has 0 unspecified atom stereocenters. The zero-order valence-corrected chi connectivity index (χ0v) is 14.1. The van der Waals surface area contributed by atoms with Gasteiger partial charge in [-0.05, 0) is 0 Å². The smallest absolute Gasteiger partial charge is 0.282 e. The average Bonchev–Trinajstić information content (AvgIpc) is 3.24. The molecule has 0 spiro atoms. The molecule has 0 radical (unpaired) electrons.